The summed E-state index contributed by atoms with van der Waals surface area (Å²) >= 11 is 3.63. The molecule has 0 amide bonds. The summed E-state index contributed by atoms with van der Waals surface area (Å²) in [5, 5.41) is 1.43. The lowest BCUT2D eigenvalue weighted by atomic mass is 9.79. The van der Waals surface area contributed by atoms with Crippen molar-refractivity contribution in [2.75, 3.05) is 5.75 Å². The monoisotopic (exact) mass is 298 g/mol. The van der Waals surface area contributed by atoms with Crippen LogP contribution < -0.4 is 0 Å². The molecule has 108 valence electrons. The number of hydrogen-bond donors (Lipinski definition) is 0. The van der Waals surface area contributed by atoms with Gasteiger partial charge in [0.1, 0.15) is 0 Å². The van der Waals surface area contributed by atoms with Crippen LogP contribution in [-0.4, -0.2) is 21.4 Å². The lowest BCUT2D eigenvalue weighted by molar-refractivity contribution is -0.110. The summed E-state index contributed by atoms with van der Waals surface area (Å²) in [6, 6.07) is 0. The standard InChI is InChI=1S/C16H26OS2/c1-15(2,3)12-7-10(9-18-12)11-8-13(17)19-14(11)16(4,5)6/h7,11-12,14H,8-9H2,1-6H3/t11-,12+,14-/m1/s1. The minimum absolute atomic E-state index is 0.201. The van der Waals surface area contributed by atoms with Gasteiger partial charge in [0.15, 0.2) is 5.12 Å². The fraction of sp³-hybridized carbons (Fsp3) is 0.812. The zero-order valence-electron chi connectivity index (χ0n) is 12.9. The molecule has 2 aliphatic heterocycles. The Morgan fingerprint density at radius 1 is 1.11 bits per heavy atom. The van der Waals surface area contributed by atoms with Crippen molar-refractivity contribution in [1.82, 2.24) is 0 Å². The van der Waals surface area contributed by atoms with E-state index in [4.69, 9.17) is 0 Å². The maximum atomic E-state index is 11.9. The Morgan fingerprint density at radius 2 is 1.74 bits per heavy atom. The summed E-state index contributed by atoms with van der Waals surface area (Å²) in [7, 11) is 0. The van der Waals surface area contributed by atoms with Crippen molar-refractivity contribution < 1.29 is 4.79 Å². The summed E-state index contributed by atoms with van der Waals surface area (Å²) < 4.78 is 0. The molecule has 0 spiro atoms. The van der Waals surface area contributed by atoms with Crippen molar-refractivity contribution in [3.8, 4) is 0 Å². The molecule has 0 aromatic rings. The maximum absolute atomic E-state index is 11.9. The van der Waals surface area contributed by atoms with E-state index in [0.29, 0.717) is 26.9 Å². The second-order valence-corrected chi connectivity index (χ2v) is 10.3. The largest absolute Gasteiger partial charge is 0.287 e. The topological polar surface area (TPSA) is 17.1 Å². The zero-order valence-corrected chi connectivity index (χ0v) is 14.6. The number of hydrogen-bond acceptors (Lipinski definition) is 3. The van der Waals surface area contributed by atoms with Crippen LogP contribution in [0.5, 0.6) is 0 Å². The molecule has 3 atom stereocenters. The average Bonchev–Trinajstić information content (AvgIpc) is 2.79. The normalized spacial score (nSPS) is 32.8. The van der Waals surface area contributed by atoms with Crippen LogP contribution in [-0.2, 0) is 4.79 Å². The van der Waals surface area contributed by atoms with Crippen molar-refractivity contribution in [3.05, 3.63) is 11.6 Å². The fourth-order valence-corrected chi connectivity index (χ4v) is 5.67. The van der Waals surface area contributed by atoms with Crippen LogP contribution in [0.4, 0.5) is 0 Å². The molecule has 0 saturated carbocycles. The first-order valence-electron chi connectivity index (χ1n) is 7.11. The van der Waals surface area contributed by atoms with Crippen molar-refractivity contribution in [2.45, 2.75) is 58.5 Å². The van der Waals surface area contributed by atoms with Crippen LogP contribution in [0.1, 0.15) is 48.0 Å². The molecule has 19 heavy (non-hydrogen) atoms. The summed E-state index contributed by atoms with van der Waals surface area (Å²) in [6.45, 7) is 13.7. The molecule has 3 heteroatoms. The molecule has 1 nitrogen and oxygen atoms in total. The van der Waals surface area contributed by atoms with Crippen LogP contribution in [0, 0.1) is 16.7 Å². The van der Waals surface area contributed by atoms with Gasteiger partial charge in [-0.1, -0.05) is 65.0 Å². The number of rotatable bonds is 1. The van der Waals surface area contributed by atoms with Gasteiger partial charge < -0.3 is 0 Å². The molecule has 2 aliphatic rings. The predicted octanol–water partition coefficient (Wildman–Crippen LogP) is 4.77. The van der Waals surface area contributed by atoms with E-state index >= 15 is 0 Å². The predicted molar refractivity (Wildman–Crippen MR) is 87.7 cm³/mol. The van der Waals surface area contributed by atoms with Gasteiger partial charge in [-0.15, -0.1) is 11.8 Å². The van der Waals surface area contributed by atoms with Crippen LogP contribution >= 0.6 is 23.5 Å². The van der Waals surface area contributed by atoms with Crippen molar-refractivity contribution in [2.24, 2.45) is 16.7 Å². The number of carbonyl (C=O) groups is 1. The Labute approximate surface area is 126 Å². The Balaban J connectivity index is 2.20. The van der Waals surface area contributed by atoms with Crippen molar-refractivity contribution in [3.63, 3.8) is 0 Å². The van der Waals surface area contributed by atoms with E-state index in [1.165, 1.54) is 5.57 Å². The molecule has 1 fully saturated rings. The molecule has 0 unspecified atom stereocenters. The molecule has 0 aromatic carbocycles. The minimum Gasteiger partial charge on any atom is -0.287 e. The first-order chi connectivity index (χ1) is 8.59. The lowest BCUT2D eigenvalue weighted by Gasteiger charge is -2.31. The van der Waals surface area contributed by atoms with Gasteiger partial charge in [0.05, 0.1) is 0 Å². The molecule has 0 radical (unpaired) electrons. The van der Waals surface area contributed by atoms with Gasteiger partial charge in [0, 0.05) is 28.6 Å². The second kappa shape index (κ2) is 5.14. The zero-order chi connectivity index (χ0) is 14.4. The van der Waals surface area contributed by atoms with Gasteiger partial charge in [-0.2, -0.15) is 0 Å². The number of thioether (sulfide) groups is 2. The quantitative estimate of drug-likeness (QED) is 0.649. The van der Waals surface area contributed by atoms with E-state index in [0.717, 1.165) is 12.2 Å². The van der Waals surface area contributed by atoms with Gasteiger partial charge in [-0.3, -0.25) is 4.79 Å². The van der Waals surface area contributed by atoms with E-state index in [2.05, 4.69) is 47.6 Å². The molecule has 1 saturated heterocycles. The van der Waals surface area contributed by atoms with E-state index in [9.17, 15) is 4.79 Å². The fourth-order valence-electron chi connectivity index (χ4n) is 2.87. The van der Waals surface area contributed by atoms with Crippen molar-refractivity contribution in [1.29, 1.82) is 0 Å². The number of carbonyl (C=O) groups excluding carboxylic acids is 1. The first kappa shape index (κ1) is 15.5. The Bertz CT molecular complexity index is 398. The van der Waals surface area contributed by atoms with Gasteiger partial charge in [0.25, 0.3) is 0 Å². The lowest BCUT2D eigenvalue weighted by Crippen LogP contribution is -2.29. The summed E-state index contributed by atoms with van der Waals surface area (Å²) in [6.07, 6.45) is 3.21. The molecule has 0 bridgehead atoms. The summed E-state index contributed by atoms with van der Waals surface area (Å²) in [5.41, 5.74) is 2.05. The Hall–Kier alpha value is 0.110. The molecular weight excluding hydrogens is 272 g/mol. The highest BCUT2D eigenvalue weighted by atomic mass is 32.2. The van der Waals surface area contributed by atoms with E-state index in [1.807, 2.05) is 11.8 Å². The SMILES string of the molecule is CC(C)(C)[C@@H]1C=C([C@H]2CC(=O)S[C@H]2C(C)(C)C)CS1. The van der Waals surface area contributed by atoms with Gasteiger partial charge in [-0.05, 0) is 10.8 Å². The van der Waals surface area contributed by atoms with Crippen LogP contribution in [0.15, 0.2) is 11.6 Å². The highest BCUT2D eigenvalue weighted by Crippen LogP contribution is 2.50. The molecule has 2 heterocycles. The summed E-state index contributed by atoms with van der Waals surface area (Å²) in [4.78, 5) is 11.9. The third-order valence-corrected chi connectivity index (χ3v) is 7.41. The molecule has 0 aliphatic carbocycles. The molecular formula is C16H26OS2. The molecule has 0 aromatic heterocycles. The highest BCUT2D eigenvalue weighted by molar-refractivity contribution is 8.14. The van der Waals surface area contributed by atoms with E-state index < -0.39 is 0 Å². The van der Waals surface area contributed by atoms with Crippen LogP contribution in [0.2, 0.25) is 0 Å². The van der Waals surface area contributed by atoms with Gasteiger partial charge in [-0.25, -0.2) is 0 Å². The average molecular weight is 299 g/mol. The van der Waals surface area contributed by atoms with Gasteiger partial charge >= 0.3 is 0 Å². The van der Waals surface area contributed by atoms with Crippen LogP contribution in [0.3, 0.4) is 0 Å². The Morgan fingerprint density at radius 3 is 2.21 bits per heavy atom. The smallest absolute Gasteiger partial charge is 0.189 e. The first-order valence-corrected chi connectivity index (χ1v) is 9.03. The van der Waals surface area contributed by atoms with E-state index in [1.54, 1.807) is 11.8 Å². The molecule has 2 rings (SSSR count). The van der Waals surface area contributed by atoms with Crippen molar-refractivity contribution >= 4 is 28.6 Å². The van der Waals surface area contributed by atoms with E-state index in [-0.39, 0.29) is 5.41 Å². The Kier molecular flexibility index (Phi) is 4.19. The minimum atomic E-state index is 0.201. The third-order valence-electron chi connectivity index (χ3n) is 3.99. The van der Waals surface area contributed by atoms with Gasteiger partial charge in [0.2, 0.25) is 0 Å². The highest BCUT2D eigenvalue weighted by Gasteiger charge is 2.44. The maximum Gasteiger partial charge on any atom is 0.189 e. The summed E-state index contributed by atoms with van der Waals surface area (Å²) in [5.74, 6) is 1.59. The van der Waals surface area contributed by atoms with Crippen LogP contribution in [0.25, 0.3) is 0 Å². The molecule has 0 N–H and O–H groups in total. The third kappa shape index (κ3) is 3.41. The second-order valence-electron chi connectivity index (χ2n) is 7.93.